The minimum Gasteiger partial charge on any atom is -0.461 e. The van der Waals surface area contributed by atoms with Crippen LogP contribution in [0.1, 0.15) is 73.6 Å². The van der Waals surface area contributed by atoms with Crippen molar-refractivity contribution in [2.24, 2.45) is 23.7 Å². The normalized spacial score (nSPS) is 31.0. The highest BCUT2D eigenvalue weighted by Crippen LogP contribution is 2.41. The van der Waals surface area contributed by atoms with E-state index in [0.717, 1.165) is 11.1 Å². The summed E-state index contributed by atoms with van der Waals surface area (Å²) >= 11 is 0. The largest absolute Gasteiger partial charge is 0.461 e. The van der Waals surface area contributed by atoms with E-state index in [1.54, 1.807) is 43.4 Å². The van der Waals surface area contributed by atoms with E-state index in [-0.39, 0.29) is 67.3 Å². The standard InChI is InChI=1S/C37H54N2O8S/c1-7-39(8-2)18-19-48(45,46)32-15-14-31-34(32)37(44)47-36(24(3)4)26(6)11-16-33(42)38-17-9-10-25(5)20-29(40)23-30(41)22-27-12-13-28(21-27)35(31)43/h9-11,13,16,20-21,24,26,29,31-32,34,36,40H,7-8,12,14-15,17-19,22-23H2,1-6H3,(H,38,42)/b10-9+,16-11+,25-20+/t26-,29-,31?,32-,34?,36-/m1/s1. The summed E-state index contributed by atoms with van der Waals surface area (Å²) in [5.74, 6) is -4.31. The van der Waals surface area contributed by atoms with E-state index in [0.29, 0.717) is 31.6 Å². The van der Waals surface area contributed by atoms with Gasteiger partial charge in [-0.2, -0.15) is 0 Å². The maximum absolute atomic E-state index is 14.1. The maximum Gasteiger partial charge on any atom is 0.311 e. The van der Waals surface area contributed by atoms with E-state index in [9.17, 15) is 32.7 Å². The van der Waals surface area contributed by atoms with Crippen molar-refractivity contribution < 1.29 is 37.4 Å². The van der Waals surface area contributed by atoms with E-state index < -0.39 is 45.1 Å². The van der Waals surface area contributed by atoms with E-state index in [1.165, 1.54) is 6.08 Å². The number of carbonyl (C=O) groups is 4. The predicted molar refractivity (Wildman–Crippen MR) is 187 cm³/mol. The van der Waals surface area contributed by atoms with Crippen molar-refractivity contribution in [1.29, 1.82) is 0 Å². The number of aliphatic hydroxyl groups is 1. The first kappa shape index (κ1) is 39.3. The summed E-state index contributed by atoms with van der Waals surface area (Å²) in [5, 5.41) is 12.2. The summed E-state index contributed by atoms with van der Waals surface area (Å²) in [6.45, 7) is 13.3. The molecule has 0 aromatic rings. The molecule has 1 amide bonds. The molecular weight excluding hydrogens is 632 g/mol. The summed E-state index contributed by atoms with van der Waals surface area (Å²) in [7, 11) is -3.78. The molecule has 2 N–H and O–H groups in total. The molecule has 6 atom stereocenters. The van der Waals surface area contributed by atoms with Crippen LogP contribution < -0.4 is 5.32 Å². The second-order valence-electron chi connectivity index (χ2n) is 13.6. The monoisotopic (exact) mass is 686 g/mol. The minimum absolute atomic E-state index is 0.0680. The molecule has 0 aromatic heterocycles. The minimum atomic E-state index is -3.78. The lowest BCUT2D eigenvalue weighted by Crippen LogP contribution is -2.43. The number of rotatable bonds is 7. The number of carbonyl (C=O) groups excluding carboxylic acids is 4. The van der Waals surface area contributed by atoms with E-state index in [1.807, 2.05) is 39.5 Å². The number of nitrogens with one attached hydrogen (secondary N) is 1. The van der Waals surface area contributed by atoms with Crippen LogP contribution in [0.4, 0.5) is 0 Å². The molecule has 1 aliphatic heterocycles. The average Bonchev–Trinajstić information content (AvgIpc) is 3.68. The number of hydrogen-bond acceptors (Lipinski definition) is 9. The van der Waals surface area contributed by atoms with Crippen molar-refractivity contribution in [2.75, 3.05) is 31.9 Å². The molecular formula is C37H54N2O8S. The Balaban J connectivity index is 1.98. The van der Waals surface area contributed by atoms with Crippen LogP contribution in [0, 0.1) is 23.7 Å². The van der Waals surface area contributed by atoms with E-state index in [4.69, 9.17) is 4.74 Å². The van der Waals surface area contributed by atoms with Gasteiger partial charge in [0.1, 0.15) is 11.9 Å². The molecule has 2 unspecified atom stereocenters. The van der Waals surface area contributed by atoms with Gasteiger partial charge in [-0.3, -0.25) is 19.2 Å². The second kappa shape index (κ2) is 18.0. The van der Waals surface area contributed by atoms with Gasteiger partial charge in [-0.05, 0) is 51.3 Å². The SMILES string of the molecule is CCN(CC)CCS(=O)(=O)[C@@H]1CCC2C(=O)C3=CCC(=C3)CC(=O)C[C@H](O)/C=C(C)/C=C/CNC(=O)/C=C/[C@@H](C)[C@@H](C(C)C)OC(=O)C21. The molecule has 1 heterocycles. The van der Waals surface area contributed by atoms with Crippen LogP contribution in [-0.2, 0) is 33.8 Å². The highest BCUT2D eigenvalue weighted by atomic mass is 32.2. The summed E-state index contributed by atoms with van der Waals surface area (Å²) in [4.78, 5) is 55.4. The van der Waals surface area contributed by atoms with Gasteiger partial charge in [0.05, 0.1) is 23.0 Å². The van der Waals surface area contributed by atoms with Crippen LogP contribution in [0.15, 0.2) is 59.3 Å². The number of cyclic esters (lactones) is 1. The highest BCUT2D eigenvalue weighted by molar-refractivity contribution is 7.92. The summed E-state index contributed by atoms with van der Waals surface area (Å²) in [6, 6.07) is 0. The lowest BCUT2D eigenvalue weighted by atomic mass is 9.87. The van der Waals surface area contributed by atoms with Crippen LogP contribution >= 0.6 is 0 Å². The van der Waals surface area contributed by atoms with Gasteiger partial charge in [-0.15, -0.1) is 0 Å². The maximum atomic E-state index is 14.1. The lowest BCUT2D eigenvalue weighted by Gasteiger charge is -2.30. The van der Waals surface area contributed by atoms with Gasteiger partial charge in [0.2, 0.25) is 5.91 Å². The molecule has 1 fully saturated rings. The van der Waals surface area contributed by atoms with E-state index in [2.05, 4.69) is 5.32 Å². The number of hydrogen-bond donors (Lipinski definition) is 2. The molecule has 3 aliphatic rings. The molecule has 0 aromatic carbocycles. The van der Waals surface area contributed by atoms with Crippen molar-refractivity contribution >= 4 is 33.3 Å². The molecule has 0 saturated heterocycles. The number of esters is 1. The quantitative estimate of drug-likeness (QED) is 0.379. The second-order valence-corrected chi connectivity index (χ2v) is 15.9. The van der Waals surface area contributed by atoms with Gasteiger partial charge >= 0.3 is 5.97 Å². The molecule has 48 heavy (non-hydrogen) atoms. The molecule has 11 heteroatoms. The van der Waals surface area contributed by atoms with Gasteiger partial charge in [0.25, 0.3) is 0 Å². The number of ketones is 2. The number of allylic oxidation sites excluding steroid dienone is 6. The zero-order chi connectivity index (χ0) is 35.6. The van der Waals surface area contributed by atoms with E-state index >= 15 is 0 Å². The number of sulfone groups is 1. The van der Waals surface area contributed by atoms with Gasteiger partial charge in [-0.25, -0.2) is 8.42 Å². The topological polar surface area (TPSA) is 147 Å². The molecule has 10 nitrogen and oxygen atoms in total. The molecule has 266 valence electrons. The number of amides is 1. The van der Waals surface area contributed by atoms with Crippen LogP contribution in [0.5, 0.6) is 0 Å². The first-order chi connectivity index (χ1) is 22.7. The van der Waals surface area contributed by atoms with Crippen LogP contribution in [-0.4, -0.2) is 91.3 Å². The third-order valence-electron chi connectivity index (χ3n) is 9.55. The van der Waals surface area contributed by atoms with Gasteiger partial charge in [0.15, 0.2) is 15.6 Å². The average molecular weight is 687 g/mol. The predicted octanol–water partition coefficient (Wildman–Crippen LogP) is 4.07. The molecule has 1 saturated carbocycles. The number of nitrogens with zero attached hydrogens (tertiary/aromatic N) is 1. The number of aliphatic hydroxyl groups excluding tert-OH is 1. The third kappa shape index (κ3) is 10.9. The molecule has 2 aliphatic carbocycles. The molecule has 0 spiro atoms. The third-order valence-corrected chi connectivity index (χ3v) is 11.8. The lowest BCUT2D eigenvalue weighted by molar-refractivity contribution is -0.160. The van der Waals surface area contributed by atoms with Crippen molar-refractivity contribution in [3.05, 3.63) is 59.3 Å². The Morgan fingerprint density at radius 2 is 1.79 bits per heavy atom. The Bertz CT molecular complexity index is 1450. The van der Waals surface area contributed by atoms with Crippen LogP contribution in [0.3, 0.4) is 0 Å². The first-order valence-electron chi connectivity index (χ1n) is 17.3. The summed E-state index contributed by atoms with van der Waals surface area (Å²) < 4.78 is 33.7. The Morgan fingerprint density at radius 3 is 2.46 bits per heavy atom. The fourth-order valence-electron chi connectivity index (χ4n) is 6.86. The van der Waals surface area contributed by atoms with Gasteiger partial charge in [-0.1, -0.05) is 82.2 Å². The summed E-state index contributed by atoms with van der Waals surface area (Å²) in [5.41, 5.74) is 1.83. The van der Waals surface area contributed by atoms with Crippen LogP contribution in [0.2, 0.25) is 0 Å². The van der Waals surface area contributed by atoms with Gasteiger partial charge < -0.3 is 20.1 Å². The Morgan fingerprint density at radius 1 is 1.08 bits per heavy atom. The fraction of sp³-hybridized carbons (Fsp3) is 0.622. The molecule has 0 radical (unpaired) electrons. The number of ether oxygens (including phenoxy) is 1. The molecule has 3 rings (SSSR count). The Kier molecular flexibility index (Phi) is 14.7. The number of Topliss-reactive ketones (excluding diaryl/α,β-unsaturated/α-hetero) is 2. The first-order valence-corrected chi connectivity index (χ1v) is 19.0. The molecule has 2 bridgehead atoms. The van der Waals surface area contributed by atoms with Crippen LogP contribution in [0.25, 0.3) is 0 Å². The fourth-order valence-corrected chi connectivity index (χ4v) is 8.92. The number of fused-ring (bicyclic) bond motifs is 2. The van der Waals surface area contributed by atoms with Crippen molar-refractivity contribution in [2.45, 2.75) is 91.1 Å². The van der Waals surface area contributed by atoms with Crippen molar-refractivity contribution in [3.8, 4) is 0 Å². The smallest absolute Gasteiger partial charge is 0.311 e. The highest BCUT2D eigenvalue weighted by Gasteiger charge is 2.51. The van der Waals surface area contributed by atoms with Crippen molar-refractivity contribution in [1.82, 2.24) is 10.2 Å². The Labute approximate surface area is 286 Å². The zero-order valence-electron chi connectivity index (χ0n) is 29.3. The Hall–Kier alpha value is -3.15. The van der Waals surface area contributed by atoms with Crippen molar-refractivity contribution in [3.63, 3.8) is 0 Å². The van der Waals surface area contributed by atoms with Gasteiger partial charge in [0, 0.05) is 43.3 Å². The summed E-state index contributed by atoms with van der Waals surface area (Å²) in [6.07, 6.45) is 10.6. The zero-order valence-corrected chi connectivity index (χ0v) is 30.1.